The summed E-state index contributed by atoms with van der Waals surface area (Å²) in [5.74, 6) is 0.266. The summed E-state index contributed by atoms with van der Waals surface area (Å²) in [5.41, 5.74) is 3.71. The zero-order valence-corrected chi connectivity index (χ0v) is 19.3. The van der Waals surface area contributed by atoms with Crippen LogP contribution < -0.4 is 9.47 Å². The predicted molar refractivity (Wildman–Crippen MR) is 126 cm³/mol. The molecule has 5 rings (SSSR count). The van der Waals surface area contributed by atoms with Gasteiger partial charge in [0.05, 0.1) is 37.3 Å². The molecule has 0 saturated heterocycles. The topological polar surface area (TPSA) is 85.3 Å². The number of carbonyl (C=O) groups is 1. The van der Waals surface area contributed by atoms with Crippen LogP contribution in [0.5, 0.6) is 11.6 Å². The Bertz CT molecular complexity index is 1360. The Morgan fingerprint density at radius 2 is 2.15 bits per heavy atom. The largest absolute Gasteiger partial charge is 0.493 e. The number of fused-ring (bicyclic) bond motifs is 2. The number of hydrogen-bond donors (Lipinski definition) is 1. The predicted octanol–water partition coefficient (Wildman–Crippen LogP) is 3.57. The molecule has 0 saturated carbocycles. The molecule has 1 aliphatic rings. The molecule has 2 aromatic carbocycles. The van der Waals surface area contributed by atoms with Gasteiger partial charge in [0.1, 0.15) is 17.3 Å². The van der Waals surface area contributed by atoms with E-state index in [1.54, 1.807) is 19.4 Å². The summed E-state index contributed by atoms with van der Waals surface area (Å²) in [6, 6.07) is 10.3. The number of likely N-dealkylation sites (N-methyl/N-ethyl adjacent to an activating group) is 1. The minimum absolute atomic E-state index is 0.0999. The molecule has 3 heterocycles. The van der Waals surface area contributed by atoms with Crippen molar-refractivity contribution in [2.45, 2.75) is 13.0 Å². The van der Waals surface area contributed by atoms with Crippen molar-refractivity contribution in [2.24, 2.45) is 5.92 Å². The normalized spacial score (nSPS) is 15.4. The van der Waals surface area contributed by atoms with E-state index in [0.717, 1.165) is 28.6 Å². The Balaban J connectivity index is 1.53. The SMILES string of the molecule is COc1n[nH]cc1-c1ccc2c(C(=O)C3COc4ccc(F)cc4C3)nn(CCN(C)C)c2c1. The van der Waals surface area contributed by atoms with Crippen molar-refractivity contribution in [1.82, 2.24) is 24.9 Å². The molecule has 0 bridgehead atoms. The first-order valence-corrected chi connectivity index (χ1v) is 11.1. The molecule has 1 unspecified atom stereocenters. The van der Waals surface area contributed by atoms with Crippen molar-refractivity contribution in [3.05, 3.63) is 59.7 Å². The van der Waals surface area contributed by atoms with Crippen molar-refractivity contribution in [2.75, 3.05) is 34.4 Å². The average molecular weight is 464 g/mol. The Hall–Kier alpha value is -3.72. The van der Waals surface area contributed by atoms with Gasteiger partial charge in [-0.1, -0.05) is 6.07 Å². The fourth-order valence-electron chi connectivity index (χ4n) is 4.35. The van der Waals surface area contributed by atoms with E-state index in [2.05, 4.69) is 15.1 Å². The van der Waals surface area contributed by atoms with Crippen LogP contribution in [0.3, 0.4) is 0 Å². The molecule has 0 spiro atoms. The summed E-state index contributed by atoms with van der Waals surface area (Å²) in [4.78, 5) is 15.6. The maximum absolute atomic E-state index is 13.7. The van der Waals surface area contributed by atoms with Crippen LogP contribution in [0.4, 0.5) is 4.39 Å². The van der Waals surface area contributed by atoms with Gasteiger partial charge in [-0.15, -0.1) is 5.10 Å². The summed E-state index contributed by atoms with van der Waals surface area (Å²) < 4.78 is 26.7. The van der Waals surface area contributed by atoms with E-state index in [9.17, 15) is 9.18 Å². The molecule has 9 heteroatoms. The number of H-pyrrole nitrogens is 1. The number of aromatic nitrogens is 4. The lowest BCUT2D eigenvalue weighted by molar-refractivity contribution is 0.0850. The van der Waals surface area contributed by atoms with Crippen LogP contribution >= 0.6 is 0 Å². The van der Waals surface area contributed by atoms with Crippen LogP contribution in [0, 0.1) is 11.7 Å². The lowest BCUT2D eigenvalue weighted by Crippen LogP contribution is -2.29. The van der Waals surface area contributed by atoms with E-state index < -0.39 is 5.92 Å². The van der Waals surface area contributed by atoms with Crippen LogP contribution in [-0.2, 0) is 13.0 Å². The molecule has 0 fully saturated rings. The lowest BCUT2D eigenvalue weighted by atomic mass is 9.90. The van der Waals surface area contributed by atoms with Crippen LogP contribution in [0.15, 0.2) is 42.6 Å². The molecule has 1 aliphatic heterocycles. The van der Waals surface area contributed by atoms with Gasteiger partial charge >= 0.3 is 0 Å². The zero-order chi connectivity index (χ0) is 23.8. The summed E-state index contributed by atoms with van der Waals surface area (Å²) in [5, 5.41) is 12.5. The number of ketones is 1. The second-order valence-electron chi connectivity index (χ2n) is 8.74. The molecule has 4 aromatic rings. The number of hydrogen-bond acceptors (Lipinski definition) is 6. The molecular formula is C25H26FN5O3. The number of carbonyl (C=O) groups excluding carboxylic acids is 1. The van der Waals surface area contributed by atoms with Gasteiger partial charge in [-0.3, -0.25) is 14.6 Å². The molecule has 176 valence electrons. The highest BCUT2D eigenvalue weighted by Crippen LogP contribution is 2.34. The summed E-state index contributed by atoms with van der Waals surface area (Å²) in [7, 11) is 5.57. The van der Waals surface area contributed by atoms with Crippen molar-refractivity contribution in [1.29, 1.82) is 0 Å². The number of aromatic amines is 1. The number of nitrogens with one attached hydrogen (secondary N) is 1. The number of benzene rings is 2. The molecule has 2 aromatic heterocycles. The molecule has 1 atom stereocenters. The Labute approximate surface area is 196 Å². The average Bonchev–Trinajstić information content (AvgIpc) is 3.46. The zero-order valence-electron chi connectivity index (χ0n) is 19.3. The van der Waals surface area contributed by atoms with Crippen molar-refractivity contribution >= 4 is 16.7 Å². The van der Waals surface area contributed by atoms with Crippen LogP contribution in [-0.4, -0.2) is 65.0 Å². The maximum atomic E-state index is 13.7. The first-order chi connectivity index (χ1) is 16.4. The molecule has 34 heavy (non-hydrogen) atoms. The smallest absolute Gasteiger partial charge is 0.240 e. The van der Waals surface area contributed by atoms with Gasteiger partial charge in [0.2, 0.25) is 5.88 Å². The maximum Gasteiger partial charge on any atom is 0.240 e. The van der Waals surface area contributed by atoms with Crippen LogP contribution in [0.2, 0.25) is 0 Å². The number of Topliss-reactive ketones (excluding diaryl/α,β-unsaturated/α-hetero) is 1. The lowest BCUT2D eigenvalue weighted by Gasteiger charge is -2.24. The quantitative estimate of drug-likeness (QED) is 0.422. The number of ether oxygens (including phenoxy) is 2. The first-order valence-electron chi connectivity index (χ1n) is 11.1. The van der Waals surface area contributed by atoms with Crippen LogP contribution in [0.1, 0.15) is 16.1 Å². The molecule has 8 nitrogen and oxygen atoms in total. The highest BCUT2D eigenvalue weighted by atomic mass is 19.1. The van der Waals surface area contributed by atoms with Gasteiger partial charge in [0, 0.05) is 18.1 Å². The Kier molecular flexibility index (Phi) is 5.79. The molecule has 0 amide bonds. The van der Waals surface area contributed by atoms with Gasteiger partial charge in [-0.2, -0.15) is 5.10 Å². The third-order valence-electron chi connectivity index (χ3n) is 6.15. The molecule has 0 aliphatic carbocycles. The van der Waals surface area contributed by atoms with Gasteiger partial charge in [0.15, 0.2) is 5.78 Å². The highest BCUT2D eigenvalue weighted by molar-refractivity contribution is 6.08. The standard InChI is InChI=1S/C25H26FN5O3/c1-30(2)8-9-31-21-12-15(20-13-27-28-25(20)33-3)4-6-19(21)23(29-31)24(32)17-10-16-11-18(26)5-7-22(16)34-14-17/h4-7,11-13,17H,8-10,14H2,1-3H3,(H,27,28). The van der Waals surface area contributed by atoms with E-state index in [4.69, 9.17) is 14.6 Å². The van der Waals surface area contributed by atoms with E-state index in [1.165, 1.54) is 12.1 Å². The number of methoxy groups -OCH3 is 1. The van der Waals surface area contributed by atoms with E-state index in [-0.39, 0.29) is 18.2 Å². The van der Waals surface area contributed by atoms with E-state index in [0.29, 0.717) is 35.9 Å². The molecule has 0 radical (unpaired) electrons. The van der Waals surface area contributed by atoms with Crippen LogP contribution in [0.25, 0.3) is 22.0 Å². The van der Waals surface area contributed by atoms with Gasteiger partial charge in [-0.25, -0.2) is 4.39 Å². The van der Waals surface area contributed by atoms with Gasteiger partial charge in [0.25, 0.3) is 0 Å². The first kappa shape index (κ1) is 22.1. The summed E-state index contributed by atoms with van der Waals surface area (Å²) >= 11 is 0. The van der Waals surface area contributed by atoms with Gasteiger partial charge in [-0.05, 0) is 62.0 Å². The fourth-order valence-corrected chi connectivity index (χ4v) is 4.35. The monoisotopic (exact) mass is 463 g/mol. The number of halogens is 1. The molecule has 1 N–H and O–H groups in total. The van der Waals surface area contributed by atoms with Gasteiger partial charge < -0.3 is 14.4 Å². The second kappa shape index (κ2) is 8.90. The second-order valence-corrected chi connectivity index (χ2v) is 8.74. The Morgan fingerprint density at radius 3 is 2.94 bits per heavy atom. The number of nitrogens with zero attached hydrogens (tertiary/aromatic N) is 4. The third kappa shape index (κ3) is 4.03. The Morgan fingerprint density at radius 1 is 1.29 bits per heavy atom. The fraction of sp³-hybridized carbons (Fsp3) is 0.320. The van der Waals surface area contributed by atoms with Crippen molar-refractivity contribution < 1.29 is 18.7 Å². The summed E-state index contributed by atoms with van der Waals surface area (Å²) in [6.07, 6.45) is 2.20. The van der Waals surface area contributed by atoms with E-state index in [1.807, 2.05) is 37.0 Å². The minimum Gasteiger partial charge on any atom is -0.493 e. The highest BCUT2D eigenvalue weighted by Gasteiger charge is 2.30. The third-order valence-corrected chi connectivity index (χ3v) is 6.15. The van der Waals surface area contributed by atoms with E-state index >= 15 is 0 Å². The molecular weight excluding hydrogens is 437 g/mol. The number of rotatable bonds is 7. The minimum atomic E-state index is -0.427. The van der Waals surface area contributed by atoms with Crippen molar-refractivity contribution in [3.8, 4) is 22.8 Å². The summed E-state index contributed by atoms with van der Waals surface area (Å²) in [6.45, 7) is 1.63. The van der Waals surface area contributed by atoms with Crippen molar-refractivity contribution in [3.63, 3.8) is 0 Å².